The highest BCUT2D eigenvalue weighted by molar-refractivity contribution is 7.80. The number of hydrogen-bond acceptors (Lipinski definition) is 5. The summed E-state index contributed by atoms with van der Waals surface area (Å²) in [4.78, 5) is 17.9. The molecule has 1 aromatic heterocycles. The van der Waals surface area contributed by atoms with Crippen molar-refractivity contribution in [2.24, 2.45) is 0 Å². The van der Waals surface area contributed by atoms with Gasteiger partial charge < -0.3 is 19.9 Å². The van der Waals surface area contributed by atoms with Crippen molar-refractivity contribution < 1.29 is 14.7 Å². The molecule has 0 aliphatic carbocycles. The summed E-state index contributed by atoms with van der Waals surface area (Å²) in [5, 5.41) is 12.5. The Balaban J connectivity index is 1.60. The first-order chi connectivity index (χ1) is 15.0. The van der Waals surface area contributed by atoms with Crippen LogP contribution in [0.5, 0.6) is 5.75 Å². The van der Waals surface area contributed by atoms with Gasteiger partial charge in [-0.05, 0) is 44.4 Å². The third kappa shape index (κ3) is 6.06. The van der Waals surface area contributed by atoms with Gasteiger partial charge in [-0.2, -0.15) is 0 Å². The SMILES string of the molecule is CN(C)CCOc1cccc2[nH]c(C(=O)NCC#Cc3ccc(C(=S)NO)cc3)cc12. The van der Waals surface area contributed by atoms with Gasteiger partial charge in [0.25, 0.3) is 5.91 Å². The largest absolute Gasteiger partial charge is 0.492 e. The summed E-state index contributed by atoms with van der Waals surface area (Å²) in [7, 11) is 3.98. The van der Waals surface area contributed by atoms with Crippen molar-refractivity contribution >= 4 is 34.0 Å². The van der Waals surface area contributed by atoms with Crippen LogP contribution in [-0.4, -0.2) is 59.8 Å². The van der Waals surface area contributed by atoms with Crippen LogP contribution in [0, 0.1) is 11.8 Å². The molecule has 0 atom stereocenters. The molecule has 0 saturated carbocycles. The van der Waals surface area contributed by atoms with Gasteiger partial charge in [-0.25, -0.2) is 0 Å². The van der Waals surface area contributed by atoms with E-state index in [-0.39, 0.29) is 17.4 Å². The molecule has 31 heavy (non-hydrogen) atoms. The number of aromatic amines is 1. The molecule has 0 saturated heterocycles. The number of fused-ring (bicyclic) bond motifs is 1. The van der Waals surface area contributed by atoms with E-state index in [4.69, 9.17) is 22.2 Å². The number of aromatic nitrogens is 1. The fourth-order valence-electron chi connectivity index (χ4n) is 2.85. The number of thiocarbonyl (C=S) groups is 1. The van der Waals surface area contributed by atoms with Crippen molar-refractivity contribution in [1.82, 2.24) is 20.7 Å². The zero-order valence-corrected chi connectivity index (χ0v) is 18.2. The molecule has 0 bridgehead atoms. The van der Waals surface area contributed by atoms with Gasteiger partial charge in [0.05, 0.1) is 6.54 Å². The summed E-state index contributed by atoms with van der Waals surface area (Å²) in [6.45, 7) is 1.58. The first-order valence-electron chi connectivity index (χ1n) is 9.69. The molecular weight excluding hydrogens is 412 g/mol. The van der Waals surface area contributed by atoms with Crippen molar-refractivity contribution in [1.29, 1.82) is 0 Å². The average Bonchev–Trinajstić information content (AvgIpc) is 3.21. The van der Waals surface area contributed by atoms with Gasteiger partial charge in [0.1, 0.15) is 23.0 Å². The summed E-state index contributed by atoms with van der Waals surface area (Å²) in [6, 6.07) is 14.6. The predicted molar refractivity (Wildman–Crippen MR) is 125 cm³/mol. The van der Waals surface area contributed by atoms with Gasteiger partial charge in [0.2, 0.25) is 0 Å². The highest BCUT2D eigenvalue weighted by atomic mass is 32.1. The standard InChI is InChI=1S/C23H24N4O3S/c1-27(2)13-14-30-21-7-3-6-19-18(21)15-20(25-19)22(28)24-12-4-5-16-8-10-17(11-9-16)23(31)26-29/h3,6-11,15,25,29H,12-14H2,1-2H3,(H,24,28)(H,26,31). The zero-order chi connectivity index (χ0) is 22.2. The van der Waals surface area contributed by atoms with Crippen molar-refractivity contribution in [3.8, 4) is 17.6 Å². The molecule has 160 valence electrons. The molecule has 0 fully saturated rings. The minimum Gasteiger partial charge on any atom is -0.492 e. The fraction of sp³-hybridized carbons (Fsp3) is 0.217. The van der Waals surface area contributed by atoms with Crippen molar-refractivity contribution in [3.63, 3.8) is 0 Å². The van der Waals surface area contributed by atoms with E-state index >= 15 is 0 Å². The van der Waals surface area contributed by atoms with Gasteiger partial charge >= 0.3 is 0 Å². The van der Waals surface area contributed by atoms with E-state index in [0.29, 0.717) is 17.9 Å². The van der Waals surface area contributed by atoms with Crippen LogP contribution >= 0.6 is 12.2 Å². The Morgan fingerprint density at radius 1 is 1.23 bits per heavy atom. The predicted octanol–water partition coefficient (Wildman–Crippen LogP) is 2.54. The number of carbonyl (C=O) groups excluding carboxylic acids is 1. The summed E-state index contributed by atoms with van der Waals surface area (Å²) >= 11 is 4.95. The maximum Gasteiger partial charge on any atom is 0.268 e. The quantitative estimate of drug-likeness (QED) is 0.259. The number of benzene rings is 2. The van der Waals surface area contributed by atoms with Gasteiger partial charge in [-0.3, -0.25) is 15.5 Å². The van der Waals surface area contributed by atoms with E-state index in [1.807, 2.05) is 42.7 Å². The van der Waals surface area contributed by atoms with Gasteiger partial charge in [-0.1, -0.05) is 42.3 Å². The molecule has 3 aromatic rings. The third-order valence-corrected chi connectivity index (χ3v) is 4.81. The van der Waals surface area contributed by atoms with Crippen molar-refractivity contribution in [2.45, 2.75) is 0 Å². The maximum absolute atomic E-state index is 12.5. The lowest BCUT2D eigenvalue weighted by Crippen LogP contribution is -2.23. The molecule has 1 heterocycles. The highest BCUT2D eigenvalue weighted by Gasteiger charge is 2.11. The third-order valence-electron chi connectivity index (χ3n) is 4.48. The van der Waals surface area contributed by atoms with Gasteiger partial charge in [-0.15, -0.1) is 0 Å². The Bertz CT molecular complexity index is 1130. The zero-order valence-electron chi connectivity index (χ0n) is 17.4. The van der Waals surface area contributed by atoms with E-state index in [9.17, 15) is 4.79 Å². The van der Waals surface area contributed by atoms with Crippen molar-refractivity contribution in [2.75, 3.05) is 33.8 Å². The highest BCUT2D eigenvalue weighted by Crippen LogP contribution is 2.26. The van der Waals surface area contributed by atoms with E-state index in [2.05, 4.69) is 22.1 Å². The molecule has 0 aliphatic heterocycles. The summed E-state index contributed by atoms with van der Waals surface area (Å²) in [5.74, 6) is 6.41. The second-order valence-corrected chi connectivity index (χ2v) is 7.46. The maximum atomic E-state index is 12.5. The lowest BCUT2D eigenvalue weighted by Gasteiger charge is -2.11. The monoisotopic (exact) mass is 436 g/mol. The minimum atomic E-state index is -0.237. The topological polar surface area (TPSA) is 89.6 Å². The Kier molecular flexibility index (Phi) is 7.62. The Morgan fingerprint density at radius 3 is 2.71 bits per heavy atom. The molecule has 1 amide bonds. The molecular formula is C23H24N4O3S. The molecule has 4 N–H and O–H groups in total. The molecule has 2 aromatic carbocycles. The molecule has 7 nitrogen and oxygen atoms in total. The number of hydrogen-bond donors (Lipinski definition) is 4. The number of amides is 1. The Hall–Kier alpha value is -3.38. The minimum absolute atomic E-state index is 0.207. The second kappa shape index (κ2) is 10.6. The normalized spacial score (nSPS) is 10.5. The van der Waals surface area contributed by atoms with Crippen LogP contribution < -0.4 is 15.5 Å². The number of likely N-dealkylation sites (N-methyl/N-ethyl adjacent to an activating group) is 1. The first-order valence-corrected chi connectivity index (χ1v) is 10.1. The number of hydroxylamine groups is 1. The molecule has 8 heteroatoms. The van der Waals surface area contributed by atoms with Crippen LogP contribution in [0.15, 0.2) is 48.5 Å². The average molecular weight is 437 g/mol. The molecule has 0 aliphatic rings. The van der Waals surface area contributed by atoms with Crippen molar-refractivity contribution in [3.05, 3.63) is 65.4 Å². The number of carbonyl (C=O) groups is 1. The van der Waals surface area contributed by atoms with Crippen LogP contribution in [0.2, 0.25) is 0 Å². The van der Waals surface area contributed by atoms with E-state index in [1.165, 1.54) is 0 Å². The summed E-state index contributed by atoms with van der Waals surface area (Å²) in [5.41, 5.74) is 4.71. The van der Waals surface area contributed by atoms with Gasteiger partial charge in [0.15, 0.2) is 0 Å². The Labute approximate surface area is 186 Å². The Morgan fingerprint density at radius 2 is 2.00 bits per heavy atom. The summed E-state index contributed by atoms with van der Waals surface area (Å²) < 4.78 is 5.86. The van der Waals surface area contributed by atoms with Crippen LogP contribution in [0.4, 0.5) is 0 Å². The van der Waals surface area contributed by atoms with E-state index in [0.717, 1.165) is 28.8 Å². The molecule has 0 spiro atoms. The number of rotatable bonds is 7. The van der Waals surface area contributed by atoms with Crippen LogP contribution in [-0.2, 0) is 0 Å². The molecule has 3 rings (SSSR count). The molecule has 0 unspecified atom stereocenters. The smallest absolute Gasteiger partial charge is 0.268 e. The second-order valence-electron chi connectivity index (χ2n) is 7.05. The first kappa shape index (κ1) is 22.3. The number of nitrogens with zero attached hydrogens (tertiary/aromatic N) is 1. The van der Waals surface area contributed by atoms with E-state index in [1.54, 1.807) is 30.3 Å². The van der Waals surface area contributed by atoms with E-state index < -0.39 is 0 Å². The van der Waals surface area contributed by atoms with Crippen LogP contribution in [0.1, 0.15) is 21.6 Å². The molecule has 0 radical (unpaired) electrons. The number of H-pyrrole nitrogens is 1. The van der Waals surface area contributed by atoms with Gasteiger partial charge in [0, 0.05) is 28.6 Å². The number of ether oxygens (including phenoxy) is 1. The van der Waals surface area contributed by atoms with Crippen LogP contribution in [0.3, 0.4) is 0 Å². The fourth-order valence-corrected chi connectivity index (χ4v) is 2.99. The number of nitrogens with one attached hydrogen (secondary N) is 3. The lowest BCUT2D eigenvalue weighted by atomic mass is 10.1. The lowest BCUT2D eigenvalue weighted by molar-refractivity contribution is 0.0954. The summed E-state index contributed by atoms with van der Waals surface area (Å²) in [6.07, 6.45) is 0. The van der Waals surface area contributed by atoms with Crippen LogP contribution in [0.25, 0.3) is 10.9 Å².